The van der Waals surface area contributed by atoms with E-state index in [4.69, 9.17) is 5.73 Å². The first-order chi connectivity index (χ1) is 2.64. The van der Waals surface area contributed by atoms with E-state index >= 15 is 0 Å². The molecule has 0 fully saturated rings. The van der Waals surface area contributed by atoms with Crippen LogP contribution in [0.3, 0.4) is 0 Å². The Kier molecular flexibility index (Phi) is 3.08. The first-order valence-corrected chi connectivity index (χ1v) is 2.79. The number of rotatable bonds is 1. The molecule has 6 heavy (non-hydrogen) atoms. The molecule has 0 aromatic rings. The van der Waals surface area contributed by atoms with Crippen LogP contribution in [0.2, 0.25) is 0 Å². The molecule has 3 heteroatoms. The maximum atomic E-state index is 5.28. The zero-order chi connectivity index (χ0) is 5.15. The molecule has 38 valence electrons. The second-order valence-corrected chi connectivity index (χ2v) is 2.79. The molecule has 0 spiro atoms. The van der Waals surface area contributed by atoms with Crippen LogP contribution < -0.4 is 5.73 Å². The molecule has 0 aliphatic carbocycles. The van der Waals surface area contributed by atoms with Crippen LogP contribution in [0.25, 0.3) is 0 Å². The van der Waals surface area contributed by atoms with Crippen molar-refractivity contribution in [2.24, 2.45) is 5.73 Å². The summed E-state index contributed by atoms with van der Waals surface area (Å²) < 4.78 is 0.0185. The van der Waals surface area contributed by atoms with Gasteiger partial charge in [-0.05, 0) is 6.92 Å². The van der Waals surface area contributed by atoms with E-state index in [0.717, 1.165) is 0 Å². The van der Waals surface area contributed by atoms with Gasteiger partial charge < -0.3 is 5.73 Å². The molecule has 0 amide bonds. The van der Waals surface area contributed by atoms with Gasteiger partial charge in [0.15, 0.2) is 0 Å². The van der Waals surface area contributed by atoms with Crippen molar-refractivity contribution < 1.29 is 0 Å². The molecular weight excluding hydrogens is 114 g/mol. The average Bonchev–Trinajstić information content (AvgIpc) is 1.36. The third-order valence-electron chi connectivity index (χ3n) is 0.470. The van der Waals surface area contributed by atoms with Crippen LogP contribution >= 0.6 is 25.3 Å². The largest absolute Gasteiger partial charge is 0.326 e. The third-order valence-corrected chi connectivity index (χ3v) is 1.41. The summed E-state index contributed by atoms with van der Waals surface area (Å²) in [6.45, 7) is 1.87. The molecule has 2 N–H and O–H groups in total. The minimum absolute atomic E-state index is 0.0185. The molecule has 0 aromatic heterocycles. The fraction of sp³-hybridized carbons (Fsp3) is 1.00. The highest BCUT2D eigenvalue weighted by molar-refractivity contribution is 7.99. The molecule has 1 unspecified atom stereocenters. The summed E-state index contributed by atoms with van der Waals surface area (Å²) in [4.78, 5) is 0. The molecule has 0 saturated heterocycles. The Balaban J connectivity index is 2.99. The molecule has 0 radical (unpaired) electrons. The predicted octanol–water partition coefficient (Wildman–Crippen LogP) is 0.519. The van der Waals surface area contributed by atoms with E-state index < -0.39 is 0 Å². The standard InChI is InChI=1S/C3H9NS2/c1-2(4)3(5)6/h2-3,5-6H,4H2,1H3. The lowest BCUT2D eigenvalue weighted by molar-refractivity contribution is 0.823. The highest BCUT2D eigenvalue weighted by Gasteiger charge is 1.98. The molecular formula is C3H9NS2. The van der Waals surface area contributed by atoms with Crippen LogP contribution in [0, 0.1) is 0 Å². The van der Waals surface area contributed by atoms with Gasteiger partial charge in [-0.15, -0.1) is 0 Å². The van der Waals surface area contributed by atoms with Crippen molar-refractivity contribution in [3.63, 3.8) is 0 Å². The van der Waals surface area contributed by atoms with E-state index in [1.807, 2.05) is 6.92 Å². The second-order valence-electron chi connectivity index (χ2n) is 1.27. The number of hydrogen-bond acceptors (Lipinski definition) is 3. The van der Waals surface area contributed by atoms with E-state index in [2.05, 4.69) is 25.3 Å². The van der Waals surface area contributed by atoms with Gasteiger partial charge in [0.1, 0.15) is 0 Å². The summed E-state index contributed by atoms with van der Waals surface area (Å²) in [5.74, 6) is 0. The van der Waals surface area contributed by atoms with Gasteiger partial charge in [0.25, 0.3) is 0 Å². The van der Waals surface area contributed by atoms with Crippen LogP contribution in [0.5, 0.6) is 0 Å². The summed E-state index contributed by atoms with van der Waals surface area (Å²) in [6.07, 6.45) is 0. The molecule has 0 heterocycles. The van der Waals surface area contributed by atoms with Crippen molar-refractivity contribution in [3.8, 4) is 0 Å². The zero-order valence-corrected chi connectivity index (χ0v) is 5.42. The quantitative estimate of drug-likeness (QED) is 0.344. The molecule has 0 bridgehead atoms. The van der Waals surface area contributed by atoms with Crippen LogP contribution in [0.15, 0.2) is 0 Å². The van der Waals surface area contributed by atoms with Crippen molar-refractivity contribution in [3.05, 3.63) is 0 Å². The average molecular weight is 123 g/mol. The van der Waals surface area contributed by atoms with Crippen molar-refractivity contribution in [1.29, 1.82) is 0 Å². The molecule has 0 aliphatic rings. The minimum atomic E-state index is 0.0185. The smallest absolute Gasteiger partial charge is 0.0590 e. The number of thiol groups is 2. The number of nitrogens with two attached hydrogens (primary N) is 1. The first kappa shape index (κ1) is 6.66. The lowest BCUT2D eigenvalue weighted by Gasteiger charge is -2.04. The highest BCUT2D eigenvalue weighted by Crippen LogP contribution is 2.01. The normalized spacial score (nSPS) is 15.5. The van der Waals surface area contributed by atoms with E-state index in [9.17, 15) is 0 Å². The maximum absolute atomic E-state index is 5.28. The van der Waals surface area contributed by atoms with Gasteiger partial charge >= 0.3 is 0 Å². The predicted molar refractivity (Wildman–Crippen MR) is 35.4 cm³/mol. The lowest BCUT2D eigenvalue weighted by atomic mass is 10.4. The molecule has 0 rings (SSSR count). The zero-order valence-electron chi connectivity index (χ0n) is 3.63. The van der Waals surface area contributed by atoms with Crippen molar-refractivity contribution >= 4 is 25.3 Å². The Hall–Kier alpha value is 0.660. The van der Waals surface area contributed by atoms with Crippen LogP contribution in [-0.4, -0.2) is 10.6 Å². The van der Waals surface area contributed by atoms with E-state index in [0.29, 0.717) is 0 Å². The van der Waals surface area contributed by atoms with Crippen LogP contribution in [0.1, 0.15) is 6.92 Å². The molecule has 0 saturated carbocycles. The molecule has 0 aliphatic heterocycles. The Bertz CT molecular complexity index is 29.8. The van der Waals surface area contributed by atoms with Crippen LogP contribution in [-0.2, 0) is 0 Å². The van der Waals surface area contributed by atoms with Crippen LogP contribution in [0.4, 0.5) is 0 Å². The summed E-state index contributed by atoms with van der Waals surface area (Å²) in [5, 5.41) is 0. The fourth-order valence-corrected chi connectivity index (χ4v) is 0. The summed E-state index contributed by atoms with van der Waals surface area (Å²) in [7, 11) is 0. The number of hydrogen-bond donors (Lipinski definition) is 3. The van der Waals surface area contributed by atoms with Gasteiger partial charge in [-0.25, -0.2) is 0 Å². The van der Waals surface area contributed by atoms with E-state index in [1.54, 1.807) is 0 Å². The third kappa shape index (κ3) is 2.87. The Labute approximate surface area is 49.1 Å². The van der Waals surface area contributed by atoms with Gasteiger partial charge in [-0.3, -0.25) is 0 Å². The molecule has 1 nitrogen and oxygen atoms in total. The Morgan fingerprint density at radius 2 is 1.67 bits per heavy atom. The van der Waals surface area contributed by atoms with Crippen molar-refractivity contribution in [1.82, 2.24) is 0 Å². The Morgan fingerprint density at radius 1 is 1.50 bits per heavy atom. The SMILES string of the molecule is CC(N)C(S)S. The maximum Gasteiger partial charge on any atom is 0.0590 e. The van der Waals surface area contributed by atoms with Gasteiger partial charge in [0, 0.05) is 6.04 Å². The Morgan fingerprint density at radius 3 is 1.67 bits per heavy atom. The molecule has 1 atom stereocenters. The summed E-state index contributed by atoms with van der Waals surface area (Å²) >= 11 is 7.86. The fourth-order valence-electron chi connectivity index (χ4n) is 0. The highest BCUT2D eigenvalue weighted by atomic mass is 32.2. The molecule has 0 aromatic carbocycles. The second kappa shape index (κ2) is 2.77. The topological polar surface area (TPSA) is 26.0 Å². The first-order valence-electron chi connectivity index (χ1n) is 1.76. The van der Waals surface area contributed by atoms with Gasteiger partial charge in [0.05, 0.1) is 4.58 Å². The van der Waals surface area contributed by atoms with E-state index in [-0.39, 0.29) is 10.6 Å². The van der Waals surface area contributed by atoms with Gasteiger partial charge in [0.2, 0.25) is 0 Å². The summed E-state index contributed by atoms with van der Waals surface area (Å²) in [6, 6.07) is 0.0802. The van der Waals surface area contributed by atoms with Gasteiger partial charge in [-0.2, -0.15) is 25.3 Å². The minimum Gasteiger partial charge on any atom is -0.326 e. The van der Waals surface area contributed by atoms with Crippen molar-refractivity contribution in [2.45, 2.75) is 17.5 Å². The van der Waals surface area contributed by atoms with Crippen molar-refractivity contribution in [2.75, 3.05) is 0 Å². The monoisotopic (exact) mass is 123 g/mol. The summed E-state index contributed by atoms with van der Waals surface area (Å²) in [5.41, 5.74) is 5.28. The van der Waals surface area contributed by atoms with E-state index in [1.165, 1.54) is 0 Å². The lowest BCUT2D eigenvalue weighted by Crippen LogP contribution is -2.22. The van der Waals surface area contributed by atoms with Gasteiger partial charge in [-0.1, -0.05) is 0 Å².